The van der Waals surface area contributed by atoms with Gasteiger partial charge < -0.3 is 15.6 Å². The van der Waals surface area contributed by atoms with Crippen molar-refractivity contribution in [3.05, 3.63) is 40.1 Å². The smallest absolute Gasteiger partial charge is 0.165 e. The first-order valence-electron chi connectivity index (χ1n) is 9.04. The van der Waals surface area contributed by atoms with Crippen molar-refractivity contribution in [3.63, 3.8) is 0 Å². The molecule has 1 atom stereocenters. The third-order valence-corrected chi connectivity index (χ3v) is 6.12. The Morgan fingerprint density at radius 2 is 2.38 bits per heavy atom. The lowest BCUT2D eigenvalue weighted by atomic mass is 10.0. The molecule has 1 unspecified atom stereocenters. The quantitative estimate of drug-likeness (QED) is 0.343. The molecule has 0 saturated carbocycles. The van der Waals surface area contributed by atoms with Gasteiger partial charge in [-0.1, -0.05) is 18.9 Å². The predicted molar refractivity (Wildman–Crippen MR) is 112 cm³/mol. The van der Waals surface area contributed by atoms with E-state index in [0.29, 0.717) is 18.3 Å². The summed E-state index contributed by atoms with van der Waals surface area (Å²) in [5.74, 6) is 2.06. The number of aromatic nitrogens is 1. The summed E-state index contributed by atoms with van der Waals surface area (Å²) < 4.78 is 3.58. The van der Waals surface area contributed by atoms with E-state index in [1.54, 1.807) is 23.3 Å². The van der Waals surface area contributed by atoms with E-state index in [9.17, 15) is 0 Å². The Kier molecular flexibility index (Phi) is 6.87. The largest absolute Gasteiger partial charge is 0.391 e. The van der Waals surface area contributed by atoms with Crippen LogP contribution >= 0.6 is 23.3 Å². The van der Waals surface area contributed by atoms with Crippen LogP contribution in [0, 0.1) is 5.41 Å². The van der Waals surface area contributed by atoms with E-state index < -0.39 is 0 Å². The molecule has 2 aliphatic rings. The van der Waals surface area contributed by atoms with Crippen LogP contribution in [0.15, 0.2) is 40.1 Å². The SMILES string of the molecule is CCCSNC1CC2=C(C(=N)/C=C\NCC)CN=C(c3nccs3)N2C1. The van der Waals surface area contributed by atoms with E-state index in [1.807, 2.05) is 30.8 Å². The lowest BCUT2D eigenvalue weighted by molar-refractivity contribution is 0.540. The molecule has 8 heteroatoms. The van der Waals surface area contributed by atoms with Crippen LogP contribution in [-0.4, -0.2) is 52.9 Å². The molecule has 140 valence electrons. The van der Waals surface area contributed by atoms with Crippen molar-refractivity contribution in [2.45, 2.75) is 32.7 Å². The zero-order valence-electron chi connectivity index (χ0n) is 15.3. The molecule has 3 rings (SSSR count). The van der Waals surface area contributed by atoms with Crippen molar-refractivity contribution in [1.29, 1.82) is 5.41 Å². The highest BCUT2D eigenvalue weighted by Crippen LogP contribution is 2.32. The lowest BCUT2D eigenvalue weighted by Gasteiger charge is -2.27. The Bertz CT molecular complexity index is 707. The molecule has 0 radical (unpaired) electrons. The number of amidine groups is 1. The van der Waals surface area contributed by atoms with Crippen LogP contribution in [0.2, 0.25) is 0 Å². The average Bonchev–Trinajstić information content (AvgIpc) is 3.31. The molecule has 1 aromatic heterocycles. The number of allylic oxidation sites excluding steroid dienone is 1. The number of nitrogens with zero attached hydrogens (tertiary/aromatic N) is 3. The second-order valence-corrected chi connectivity index (χ2v) is 8.01. The minimum Gasteiger partial charge on any atom is -0.391 e. The number of nitrogens with one attached hydrogen (secondary N) is 3. The van der Waals surface area contributed by atoms with Crippen LogP contribution in [0.25, 0.3) is 0 Å². The molecular weight excluding hydrogens is 364 g/mol. The topological polar surface area (TPSA) is 76.4 Å². The monoisotopic (exact) mass is 390 g/mol. The van der Waals surface area contributed by atoms with Crippen LogP contribution < -0.4 is 10.0 Å². The van der Waals surface area contributed by atoms with E-state index in [4.69, 9.17) is 10.4 Å². The van der Waals surface area contributed by atoms with Gasteiger partial charge in [0.2, 0.25) is 0 Å². The zero-order chi connectivity index (χ0) is 18.4. The first-order chi connectivity index (χ1) is 12.7. The van der Waals surface area contributed by atoms with E-state index in [2.05, 4.69) is 26.8 Å². The van der Waals surface area contributed by atoms with E-state index in [0.717, 1.165) is 48.1 Å². The lowest BCUT2D eigenvalue weighted by Crippen LogP contribution is -2.35. The van der Waals surface area contributed by atoms with Crippen LogP contribution in [0.4, 0.5) is 0 Å². The molecule has 2 aliphatic heterocycles. The minimum absolute atomic E-state index is 0.366. The van der Waals surface area contributed by atoms with Crippen molar-refractivity contribution < 1.29 is 0 Å². The summed E-state index contributed by atoms with van der Waals surface area (Å²) in [6.07, 6.45) is 7.59. The number of rotatable bonds is 9. The summed E-state index contributed by atoms with van der Waals surface area (Å²) in [5.41, 5.74) is 2.77. The summed E-state index contributed by atoms with van der Waals surface area (Å²) in [6.45, 7) is 6.51. The van der Waals surface area contributed by atoms with Crippen molar-refractivity contribution in [1.82, 2.24) is 19.9 Å². The second-order valence-electron chi connectivity index (χ2n) is 6.18. The maximum atomic E-state index is 8.47. The maximum absolute atomic E-state index is 8.47. The Hall–Kier alpha value is -1.64. The second kappa shape index (κ2) is 9.34. The summed E-state index contributed by atoms with van der Waals surface area (Å²) >= 11 is 3.41. The molecule has 0 aliphatic carbocycles. The fourth-order valence-electron chi connectivity index (χ4n) is 3.05. The highest BCUT2D eigenvalue weighted by molar-refractivity contribution is 7.97. The van der Waals surface area contributed by atoms with Gasteiger partial charge in [0.1, 0.15) is 0 Å². The predicted octanol–water partition coefficient (Wildman–Crippen LogP) is 3.02. The number of aliphatic imine (C=N–C) groups is 1. The molecule has 0 bridgehead atoms. The molecule has 0 spiro atoms. The molecule has 0 aromatic carbocycles. The third kappa shape index (κ3) is 4.36. The number of hydrogen-bond donors (Lipinski definition) is 3. The Morgan fingerprint density at radius 3 is 3.12 bits per heavy atom. The van der Waals surface area contributed by atoms with Gasteiger partial charge in [0, 0.05) is 54.2 Å². The van der Waals surface area contributed by atoms with Gasteiger partial charge in [0.15, 0.2) is 10.8 Å². The fourth-order valence-corrected chi connectivity index (χ4v) is 4.41. The highest BCUT2D eigenvalue weighted by atomic mass is 32.2. The van der Waals surface area contributed by atoms with Crippen molar-refractivity contribution in [2.24, 2.45) is 4.99 Å². The Labute approximate surface area is 163 Å². The number of fused-ring (bicyclic) bond motifs is 1. The molecule has 1 aromatic rings. The first-order valence-corrected chi connectivity index (χ1v) is 10.9. The van der Waals surface area contributed by atoms with Gasteiger partial charge in [-0.2, -0.15) is 0 Å². The molecule has 3 heterocycles. The van der Waals surface area contributed by atoms with Crippen LogP contribution in [0.5, 0.6) is 0 Å². The highest BCUT2D eigenvalue weighted by Gasteiger charge is 2.35. The summed E-state index contributed by atoms with van der Waals surface area (Å²) in [6, 6.07) is 0.366. The van der Waals surface area contributed by atoms with Crippen molar-refractivity contribution in [3.8, 4) is 0 Å². The summed E-state index contributed by atoms with van der Waals surface area (Å²) in [5, 5.41) is 14.5. The van der Waals surface area contributed by atoms with E-state index in [1.165, 1.54) is 5.70 Å². The molecule has 1 fully saturated rings. The van der Waals surface area contributed by atoms with Gasteiger partial charge in [-0.25, -0.2) is 4.98 Å². The third-order valence-electron chi connectivity index (χ3n) is 4.24. The molecule has 1 saturated heterocycles. The van der Waals surface area contributed by atoms with Gasteiger partial charge >= 0.3 is 0 Å². The summed E-state index contributed by atoms with van der Waals surface area (Å²) in [7, 11) is 0. The zero-order valence-corrected chi connectivity index (χ0v) is 16.9. The Balaban J connectivity index is 1.81. The average molecular weight is 391 g/mol. The molecule has 0 amide bonds. The van der Waals surface area contributed by atoms with Crippen LogP contribution in [0.1, 0.15) is 31.7 Å². The van der Waals surface area contributed by atoms with Crippen molar-refractivity contribution in [2.75, 3.05) is 25.4 Å². The maximum Gasteiger partial charge on any atom is 0.165 e. The van der Waals surface area contributed by atoms with Gasteiger partial charge in [0.05, 0.1) is 12.3 Å². The van der Waals surface area contributed by atoms with Gasteiger partial charge in [-0.15, -0.1) is 11.3 Å². The molecule has 3 N–H and O–H groups in total. The normalized spacial score (nSPS) is 19.8. The van der Waals surface area contributed by atoms with E-state index >= 15 is 0 Å². The van der Waals surface area contributed by atoms with Gasteiger partial charge in [-0.05, 0) is 25.6 Å². The van der Waals surface area contributed by atoms with Gasteiger partial charge in [0.25, 0.3) is 0 Å². The first kappa shape index (κ1) is 19.1. The van der Waals surface area contributed by atoms with Crippen LogP contribution in [-0.2, 0) is 0 Å². The Morgan fingerprint density at radius 1 is 1.50 bits per heavy atom. The van der Waals surface area contributed by atoms with Crippen molar-refractivity contribution >= 4 is 34.8 Å². The molecule has 26 heavy (non-hydrogen) atoms. The molecular formula is C18H26N6S2. The van der Waals surface area contributed by atoms with Crippen LogP contribution in [0.3, 0.4) is 0 Å². The number of hydrogen-bond acceptors (Lipinski definition) is 8. The molecule has 6 nitrogen and oxygen atoms in total. The fraction of sp³-hybridized carbons (Fsp3) is 0.500. The minimum atomic E-state index is 0.366. The van der Waals surface area contributed by atoms with Gasteiger partial charge in [-0.3, -0.25) is 9.71 Å². The summed E-state index contributed by atoms with van der Waals surface area (Å²) in [4.78, 5) is 11.5. The standard InChI is InChI=1S/C18H26N6S2/c1-3-8-26-23-13-10-16-14(15(19)5-6-20-4-2)11-22-17(24(16)12-13)18-21-7-9-25-18/h5-7,9,13,19-20,23H,3-4,8,10-12H2,1-2H3/b6-5-,19-15?. The van der Waals surface area contributed by atoms with E-state index in [-0.39, 0.29) is 0 Å². The number of thiazole rings is 1.